The summed E-state index contributed by atoms with van der Waals surface area (Å²) in [4.78, 5) is 28.7. The van der Waals surface area contributed by atoms with Crippen LogP contribution in [0.2, 0.25) is 0 Å². The molecule has 28 heavy (non-hydrogen) atoms. The number of anilines is 2. The Morgan fingerprint density at radius 2 is 1.96 bits per heavy atom. The van der Waals surface area contributed by atoms with Gasteiger partial charge in [-0.1, -0.05) is 18.2 Å². The molecule has 6 heteroatoms. The van der Waals surface area contributed by atoms with E-state index >= 15 is 0 Å². The van der Waals surface area contributed by atoms with Gasteiger partial charge in [-0.15, -0.1) is 11.3 Å². The normalized spacial score (nSPS) is 15.5. The number of amides is 1. The molecule has 2 aromatic rings. The molecule has 5 nitrogen and oxygen atoms in total. The van der Waals surface area contributed by atoms with Crippen LogP contribution in [0.25, 0.3) is 0 Å². The average Bonchev–Trinajstić information content (AvgIpc) is 3.06. The third kappa shape index (κ3) is 3.78. The average molecular weight is 399 g/mol. The van der Waals surface area contributed by atoms with Gasteiger partial charge >= 0.3 is 5.97 Å². The Morgan fingerprint density at radius 3 is 2.82 bits per heavy atom. The number of esters is 1. The zero-order valence-corrected chi connectivity index (χ0v) is 17.1. The van der Waals surface area contributed by atoms with Gasteiger partial charge in [-0.25, -0.2) is 4.79 Å². The Morgan fingerprint density at radius 1 is 1.14 bits per heavy atom. The first-order valence-corrected chi connectivity index (χ1v) is 10.9. The molecule has 0 atom stereocenters. The Bertz CT molecular complexity index is 890. The summed E-state index contributed by atoms with van der Waals surface area (Å²) >= 11 is 1.54. The molecule has 1 aliphatic heterocycles. The van der Waals surface area contributed by atoms with Crippen LogP contribution in [-0.4, -0.2) is 31.6 Å². The minimum absolute atomic E-state index is 0.0825. The minimum atomic E-state index is -0.319. The zero-order valence-electron chi connectivity index (χ0n) is 16.3. The van der Waals surface area contributed by atoms with Crippen molar-refractivity contribution >= 4 is 33.9 Å². The lowest BCUT2D eigenvalue weighted by molar-refractivity contribution is -0.115. The number of aryl methyl sites for hydroxylation is 2. The third-order valence-corrected chi connectivity index (χ3v) is 6.65. The predicted molar refractivity (Wildman–Crippen MR) is 113 cm³/mol. The smallest absolute Gasteiger partial charge is 0.341 e. The molecular formula is C22H26N2O3S. The highest BCUT2D eigenvalue weighted by molar-refractivity contribution is 7.17. The summed E-state index contributed by atoms with van der Waals surface area (Å²) < 4.78 is 5.28. The first kappa shape index (κ1) is 19.0. The second kappa shape index (κ2) is 8.35. The first-order chi connectivity index (χ1) is 13.7. The van der Waals surface area contributed by atoms with Crippen molar-refractivity contribution in [3.63, 3.8) is 0 Å². The van der Waals surface area contributed by atoms with Crippen molar-refractivity contribution in [2.75, 3.05) is 29.9 Å². The van der Waals surface area contributed by atoms with Gasteiger partial charge in [0, 0.05) is 17.1 Å². The molecule has 0 unspecified atom stereocenters. The van der Waals surface area contributed by atoms with Crippen LogP contribution in [0, 0.1) is 0 Å². The highest BCUT2D eigenvalue weighted by Gasteiger charge is 2.28. The molecule has 148 valence electrons. The van der Waals surface area contributed by atoms with Crippen LogP contribution in [0.3, 0.4) is 0 Å². The van der Waals surface area contributed by atoms with Crippen molar-refractivity contribution in [2.24, 2.45) is 0 Å². The largest absolute Gasteiger partial charge is 0.462 e. The molecule has 2 heterocycles. The monoisotopic (exact) mass is 398 g/mol. The number of rotatable bonds is 5. The molecule has 2 aliphatic rings. The molecule has 1 aliphatic carbocycles. The lowest BCUT2D eigenvalue weighted by atomic mass is 9.95. The van der Waals surface area contributed by atoms with Crippen LogP contribution in [0.1, 0.15) is 52.5 Å². The lowest BCUT2D eigenvalue weighted by Gasteiger charge is -2.30. The van der Waals surface area contributed by atoms with E-state index in [0.717, 1.165) is 56.3 Å². The number of carbonyl (C=O) groups is 2. The number of hydrogen-bond acceptors (Lipinski definition) is 5. The van der Waals surface area contributed by atoms with Gasteiger partial charge in [0.15, 0.2) is 0 Å². The molecule has 0 radical (unpaired) electrons. The number of nitrogens with zero attached hydrogens (tertiary/aromatic N) is 1. The Labute approximate surface area is 169 Å². The second-order valence-electron chi connectivity index (χ2n) is 7.34. The van der Waals surface area contributed by atoms with E-state index in [1.807, 2.05) is 19.1 Å². The fourth-order valence-corrected chi connectivity index (χ4v) is 5.48. The summed E-state index contributed by atoms with van der Waals surface area (Å²) in [6.07, 6.45) is 6.17. The summed E-state index contributed by atoms with van der Waals surface area (Å²) in [5.41, 5.74) is 4.09. The second-order valence-corrected chi connectivity index (χ2v) is 8.44. The van der Waals surface area contributed by atoms with Crippen LogP contribution in [0.15, 0.2) is 24.3 Å². The number of thiophene rings is 1. The molecule has 1 N–H and O–H groups in total. The third-order valence-electron chi connectivity index (χ3n) is 5.44. The fraction of sp³-hybridized carbons (Fsp3) is 0.455. The SMILES string of the molecule is CCOC(=O)c1c(NC(=O)CN2CCCc3ccccc32)sc2c1CCCC2. The number of ether oxygens (including phenoxy) is 1. The number of carbonyl (C=O) groups excluding carboxylic acids is 2. The van der Waals surface area contributed by atoms with E-state index in [0.29, 0.717) is 23.7 Å². The van der Waals surface area contributed by atoms with Gasteiger partial charge in [0.1, 0.15) is 5.00 Å². The predicted octanol–water partition coefficient (Wildman–Crippen LogP) is 4.19. The summed E-state index contributed by atoms with van der Waals surface area (Å²) in [5, 5.41) is 3.68. The van der Waals surface area contributed by atoms with Crippen LogP contribution < -0.4 is 10.2 Å². The van der Waals surface area contributed by atoms with Crippen LogP contribution in [0.4, 0.5) is 10.7 Å². The zero-order chi connectivity index (χ0) is 19.5. The maximum atomic E-state index is 12.8. The minimum Gasteiger partial charge on any atom is -0.462 e. The van der Waals surface area contributed by atoms with Crippen LogP contribution in [-0.2, 0) is 28.8 Å². The van der Waals surface area contributed by atoms with Crippen molar-refractivity contribution < 1.29 is 14.3 Å². The van der Waals surface area contributed by atoms with E-state index in [-0.39, 0.29) is 11.9 Å². The molecule has 0 bridgehead atoms. The molecule has 0 saturated heterocycles. The molecule has 0 saturated carbocycles. The van der Waals surface area contributed by atoms with Crippen molar-refractivity contribution in [1.29, 1.82) is 0 Å². The Balaban J connectivity index is 1.54. The van der Waals surface area contributed by atoms with Gasteiger partial charge in [-0.05, 0) is 62.6 Å². The summed E-state index contributed by atoms with van der Waals surface area (Å²) in [6, 6.07) is 8.27. The highest BCUT2D eigenvalue weighted by atomic mass is 32.1. The van der Waals surface area contributed by atoms with Crippen LogP contribution >= 0.6 is 11.3 Å². The number of fused-ring (bicyclic) bond motifs is 2. The van der Waals surface area contributed by atoms with E-state index in [1.165, 1.54) is 10.4 Å². The van der Waals surface area contributed by atoms with E-state index in [2.05, 4.69) is 22.3 Å². The van der Waals surface area contributed by atoms with E-state index in [4.69, 9.17) is 4.74 Å². The maximum Gasteiger partial charge on any atom is 0.341 e. The number of benzene rings is 1. The number of hydrogen-bond donors (Lipinski definition) is 1. The van der Waals surface area contributed by atoms with E-state index < -0.39 is 0 Å². The van der Waals surface area contributed by atoms with Crippen molar-refractivity contribution in [3.8, 4) is 0 Å². The molecular weight excluding hydrogens is 372 g/mol. The summed E-state index contributed by atoms with van der Waals surface area (Å²) in [6.45, 7) is 3.31. The Kier molecular flexibility index (Phi) is 5.67. The molecule has 1 aromatic carbocycles. The van der Waals surface area contributed by atoms with E-state index in [9.17, 15) is 9.59 Å². The van der Waals surface area contributed by atoms with Gasteiger partial charge in [-0.2, -0.15) is 0 Å². The number of nitrogens with one attached hydrogen (secondary N) is 1. The van der Waals surface area contributed by atoms with Gasteiger partial charge in [0.2, 0.25) is 5.91 Å². The van der Waals surface area contributed by atoms with Gasteiger partial charge in [0.05, 0.1) is 18.7 Å². The topological polar surface area (TPSA) is 58.6 Å². The summed E-state index contributed by atoms with van der Waals surface area (Å²) in [7, 11) is 0. The Hall–Kier alpha value is -2.34. The quantitative estimate of drug-likeness (QED) is 0.767. The summed E-state index contributed by atoms with van der Waals surface area (Å²) in [5.74, 6) is -0.402. The van der Waals surface area contributed by atoms with Crippen molar-refractivity contribution in [2.45, 2.75) is 45.4 Å². The fourth-order valence-electron chi connectivity index (χ4n) is 4.19. The van der Waals surface area contributed by atoms with Gasteiger partial charge < -0.3 is 15.0 Å². The van der Waals surface area contributed by atoms with Gasteiger partial charge in [-0.3, -0.25) is 4.79 Å². The van der Waals surface area contributed by atoms with E-state index in [1.54, 1.807) is 11.3 Å². The highest BCUT2D eigenvalue weighted by Crippen LogP contribution is 2.38. The van der Waals surface area contributed by atoms with Crippen LogP contribution in [0.5, 0.6) is 0 Å². The molecule has 1 aromatic heterocycles. The van der Waals surface area contributed by atoms with Crippen molar-refractivity contribution in [3.05, 3.63) is 45.8 Å². The standard InChI is InChI=1S/C22H26N2O3S/c1-2-27-22(26)20-16-10-4-6-12-18(16)28-21(20)23-19(25)14-24-13-7-9-15-8-3-5-11-17(15)24/h3,5,8,11H,2,4,6-7,9-10,12-14H2,1H3,(H,23,25). The lowest BCUT2D eigenvalue weighted by Crippen LogP contribution is -2.36. The molecule has 0 spiro atoms. The number of para-hydroxylation sites is 1. The molecule has 1 amide bonds. The molecule has 4 rings (SSSR count). The first-order valence-electron chi connectivity index (χ1n) is 10.1. The van der Waals surface area contributed by atoms with Gasteiger partial charge in [0.25, 0.3) is 0 Å². The van der Waals surface area contributed by atoms with Crippen molar-refractivity contribution in [1.82, 2.24) is 0 Å². The molecule has 0 fully saturated rings. The maximum absolute atomic E-state index is 12.8.